The van der Waals surface area contributed by atoms with Crippen LogP contribution < -0.4 is 4.74 Å². The minimum absolute atomic E-state index is 0.0791. The van der Waals surface area contributed by atoms with Crippen LogP contribution >= 0.6 is 0 Å². The largest absolute Gasteiger partial charge is 0.573 e. The maximum absolute atomic E-state index is 13.8. The second kappa shape index (κ2) is 4.91. The van der Waals surface area contributed by atoms with E-state index in [9.17, 15) is 17.6 Å². The summed E-state index contributed by atoms with van der Waals surface area (Å²) in [6, 6.07) is 9.82. The molecule has 0 unspecified atom stereocenters. The molecular weight excluding hydrogens is 260 g/mol. The lowest BCUT2D eigenvalue weighted by Gasteiger charge is -2.15. The molecule has 0 N–H and O–H groups in total. The van der Waals surface area contributed by atoms with Gasteiger partial charge < -0.3 is 4.74 Å². The molecule has 0 heterocycles. The monoisotopic (exact) mass is 270 g/mol. The van der Waals surface area contributed by atoms with Crippen LogP contribution in [0.2, 0.25) is 0 Å². The topological polar surface area (TPSA) is 9.23 Å². The van der Waals surface area contributed by atoms with E-state index in [4.69, 9.17) is 0 Å². The summed E-state index contributed by atoms with van der Waals surface area (Å²) in [5.74, 6) is -0.999. The Bertz CT molecular complexity index is 570. The third-order valence-corrected chi connectivity index (χ3v) is 2.60. The quantitative estimate of drug-likeness (QED) is 0.719. The van der Waals surface area contributed by atoms with E-state index in [1.165, 1.54) is 30.3 Å². The second-order valence-electron chi connectivity index (χ2n) is 3.98. The van der Waals surface area contributed by atoms with Crippen LogP contribution in [0.25, 0.3) is 11.1 Å². The van der Waals surface area contributed by atoms with Crippen molar-refractivity contribution in [2.75, 3.05) is 0 Å². The van der Waals surface area contributed by atoms with Crippen molar-refractivity contribution >= 4 is 0 Å². The number of rotatable bonds is 2. The Balaban J connectivity index is 2.57. The van der Waals surface area contributed by atoms with E-state index in [2.05, 4.69) is 4.74 Å². The van der Waals surface area contributed by atoms with Crippen LogP contribution in [-0.4, -0.2) is 6.36 Å². The van der Waals surface area contributed by atoms with Crippen LogP contribution in [0.5, 0.6) is 5.75 Å². The Morgan fingerprint density at radius 1 is 0.947 bits per heavy atom. The van der Waals surface area contributed by atoms with Gasteiger partial charge in [-0.3, -0.25) is 0 Å². The highest BCUT2D eigenvalue weighted by atomic mass is 19.4. The van der Waals surface area contributed by atoms with Gasteiger partial charge >= 0.3 is 6.36 Å². The van der Waals surface area contributed by atoms with E-state index in [0.717, 1.165) is 6.07 Å². The number of para-hydroxylation sites is 1. The fourth-order valence-corrected chi connectivity index (χ4v) is 1.86. The summed E-state index contributed by atoms with van der Waals surface area (Å²) in [5, 5.41) is 0. The van der Waals surface area contributed by atoms with Gasteiger partial charge in [0.2, 0.25) is 0 Å². The highest BCUT2D eigenvalue weighted by molar-refractivity contribution is 5.73. The van der Waals surface area contributed by atoms with Crippen LogP contribution in [0, 0.1) is 12.7 Å². The molecule has 2 aromatic carbocycles. The first-order chi connectivity index (χ1) is 8.88. The molecule has 0 saturated heterocycles. The molecule has 19 heavy (non-hydrogen) atoms. The summed E-state index contributed by atoms with van der Waals surface area (Å²) in [5.41, 5.74) is 0.732. The standard InChI is InChI=1S/C14H10F4O/c1-9-5-4-7-11(15)13(9)10-6-2-3-8-12(10)19-14(16,17)18/h2-8H,1H3. The molecule has 0 aliphatic rings. The number of alkyl halides is 3. The first-order valence-corrected chi connectivity index (χ1v) is 5.49. The number of hydrogen-bond acceptors (Lipinski definition) is 1. The zero-order valence-corrected chi connectivity index (χ0v) is 9.96. The first kappa shape index (κ1) is 13.4. The lowest BCUT2D eigenvalue weighted by molar-refractivity contribution is -0.274. The molecule has 1 nitrogen and oxygen atoms in total. The normalized spacial score (nSPS) is 11.4. The van der Waals surface area contributed by atoms with Gasteiger partial charge in [0.25, 0.3) is 0 Å². The van der Waals surface area contributed by atoms with E-state index in [0.29, 0.717) is 5.56 Å². The van der Waals surface area contributed by atoms with Crippen molar-refractivity contribution in [3.8, 4) is 16.9 Å². The van der Waals surface area contributed by atoms with E-state index in [1.807, 2.05) is 0 Å². The molecule has 0 bridgehead atoms. The molecular formula is C14H10F4O. The first-order valence-electron chi connectivity index (χ1n) is 5.49. The summed E-state index contributed by atoms with van der Waals surface area (Å²) in [6.07, 6.45) is -4.81. The lowest BCUT2D eigenvalue weighted by atomic mass is 9.99. The summed E-state index contributed by atoms with van der Waals surface area (Å²) >= 11 is 0. The van der Waals surface area contributed by atoms with Crippen molar-refractivity contribution in [3.63, 3.8) is 0 Å². The zero-order valence-electron chi connectivity index (χ0n) is 9.96. The molecule has 0 spiro atoms. The number of halogens is 4. The van der Waals surface area contributed by atoms with Gasteiger partial charge in [0.05, 0.1) is 0 Å². The molecule has 0 saturated carbocycles. The van der Waals surface area contributed by atoms with E-state index in [-0.39, 0.29) is 11.1 Å². The van der Waals surface area contributed by atoms with Gasteiger partial charge in [-0.2, -0.15) is 0 Å². The van der Waals surface area contributed by atoms with E-state index < -0.39 is 17.9 Å². The second-order valence-corrected chi connectivity index (χ2v) is 3.98. The van der Waals surface area contributed by atoms with Crippen LogP contribution in [0.15, 0.2) is 42.5 Å². The third-order valence-electron chi connectivity index (χ3n) is 2.60. The predicted octanol–water partition coefficient (Wildman–Crippen LogP) is 4.70. The molecule has 5 heteroatoms. The van der Waals surface area contributed by atoms with Gasteiger partial charge in [0.15, 0.2) is 0 Å². The number of aryl methyl sites for hydroxylation is 1. The summed E-state index contributed by atoms with van der Waals surface area (Å²) in [4.78, 5) is 0. The summed E-state index contributed by atoms with van der Waals surface area (Å²) < 4.78 is 54.7. The predicted molar refractivity (Wildman–Crippen MR) is 63.3 cm³/mol. The van der Waals surface area contributed by atoms with Gasteiger partial charge in [-0.05, 0) is 24.6 Å². The highest BCUT2D eigenvalue weighted by Crippen LogP contribution is 2.36. The SMILES string of the molecule is Cc1cccc(F)c1-c1ccccc1OC(F)(F)F. The highest BCUT2D eigenvalue weighted by Gasteiger charge is 2.32. The van der Waals surface area contributed by atoms with Gasteiger partial charge in [0.1, 0.15) is 11.6 Å². The molecule has 0 atom stereocenters. The molecule has 0 aliphatic carbocycles. The minimum Gasteiger partial charge on any atom is -0.405 e. The maximum atomic E-state index is 13.8. The average Bonchev–Trinajstić information content (AvgIpc) is 2.29. The van der Waals surface area contributed by atoms with Crippen LogP contribution in [-0.2, 0) is 0 Å². The van der Waals surface area contributed by atoms with Gasteiger partial charge in [-0.1, -0.05) is 30.3 Å². The maximum Gasteiger partial charge on any atom is 0.573 e. The Labute approximate surface area is 107 Å². The number of ether oxygens (including phenoxy) is 1. The van der Waals surface area contributed by atoms with Crippen molar-refractivity contribution in [3.05, 3.63) is 53.8 Å². The fourth-order valence-electron chi connectivity index (χ4n) is 1.86. The smallest absolute Gasteiger partial charge is 0.405 e. The lowest BCUT2D eigenvalue weighted by Crippen LogP contribution is -2.17. The van der Waals surface area contributed by atoms with E-state index >= 15 is 0 Å². The van der Waals surface area contributed by atoms with Gasteiger partial charge in [-0.25, -0.2) is 4.39 Å². The van der Waals surface area contributed by atoms with Crippen molar-refractivity contribution in [1.29, 1.82) is 0 Å². The van der Waals surface area contributed by atoms with Gasteiger partial charge in [-0.15, -0.1) is 13.2 Å². The average molecular weight is 270 g/mol. The third kappa shape index (κ3) is 3.05. The Kier molecular flexibility index (Phi) is 3.46. The van der Waals surface area contributed by atoms with Crippen molar-refractivity contribution in [2.45, 2.75) is 13.3 Å². The van der Waals surface area contributed by atoms with Gasteiger partial charge in [0, 0.05) is 11.1 Å². The Morgan fingerprint density at radius 2 is 1.63 bits per heavy atom. The van der Waals surface area contributed by atoms with E-state index in [1.54, 1.807) is 13.0 Å². The van der Waals surface area contributed by atoms with Crippen molar-refractivity contribution < 1.29 is 22.3 Å². The zero-order chi connectivity index (χ0) is 14.0. The molecule has 0 fully saturated rings. The molecule has 2 rings (SSSR count). The molecule has 0 amide bonds. The van der Waals surface area contributed by atoms with Crippen LogP contribution in [0.1, 0.15) is 5.56 Å². The van der Waals surface area contributed by atoms with Crippen LogP contribution in [0.4, 0.5) is 17.6 Å². The fraction of sp³-hybridized carbons (Fsp3) is 0.143. The summed E-state index contributed by atoms with van der Waals surface area (Å²) in [7, 11) is 0. The van der Waals surface area contributed by atoms with Crippen molar-refractivity contribution in [2.24, 2.45) is 0 Å². The van der Waals surface area contributed by atoms with Crippen LogP contribution in [0.3, 0.4) is 0 Å². The number of hydrogen-bond donors (Lipinski definition) is 0. The molecule has 0 aliphatic heterocycles. The Hall–Kier alpha value is -2.04. The number of benzene rings is 2. The molecule has 0 aromatic heterocycles. The molecule has 0 radical (unpaired) electrons. The molecule has 2 aromatic rings. The minimum atomic E-state index is -4.81. The van der Waals surface area contributed by atoms with Crippen molar-refractivity contribution in [1.82, 2.24) is 0 Å². The summed E-state index contributed by atoms with van der Waals surface area (Å²) in [6.45, 7) is 1.63. The molecule has 100 valence electrons. The Morgan fingerprint density at radius 3 is 2.26 bits per heavy atom.